The Bertz CT molecular complexity index is 97.6. The number of thiol groups is 1. The summed E-state index contributed by atoms with van der Waals surface area (Å²) in [4.78, 5) is 0. The molecule has 0 aromatic carbocycles. The first-order chi connectivity index (χ1) is 3.98. The maximum atomic E-state index is 4.13. The van der Waals surface area contributed by atoms with Crippen LogP contribution in [0.25, 0.3) is 0 Å². The number of allylic oxidation sites excluding steroid dienone is 1. The SMILES string of the molecule is C=C(CCS)C(C)(C)C. The molecular formula is C8H16S. The zero-order chi connectivity index (χ0) is 7.49. The Morgan fingerprint density at radius 1 is 1.44 bits per heavy atom. The Kier molecular flexibility index (Phi) is 3.34. The third-order valence-corrected chi connectivity index (χ3v) is 1.70. The minimum absolute atomic E-state index is 0.267. The molecule has 0 amide bonds. The van der Waals surface area contributed by atoms with E-state index < -0.39 is 0 Å². The summed E-state index contributed by atoms with van der Waals surface area (Å²) >= 11 is 4.13. The molecule has 0 aliphatic rings. The van der Waals surface area contributed by atoms with Crippen molar-refractivity contribution in [3.8, 4) is 0 Å². The van der Waals surface area contributed by atoms with Crippen LogP contribution in [0.1, 0.15) is 27.2 Å². The Hall–Kier alpha value is 0.0900. The van der Waals surface area contributed by atoms with Crippen LogP contribution in [0.2, 0.25) is 0 Å². The van der Waals surface area contributed by atoms with E-state index in [9.17, 15) is 0 Å². The lowest BCUT2D eigenvalue weighted by atomic mass is 9.86. The van der Waals surface area contributed by atoms with Crippen LogP contribution >= 0.6 is 12.6 Å². The van der Waals surface area contributed by atoms with Gasteiger partial charge in [-0.3, -0.25) is 0 Å². The Morgan fingerprint density at radius 3 is 2.00 bits per heavy atom. The monoisotopic (exact) mass is 144 g/mol. The zero-order valence-corrected chi connectivity index (χ0v) is 7.46. The topological polar surface area (TPSA) is 0 Å². The predicted octanol–water partition coefficient (Wildman–Crippen LogP) is 2.91. The summed E-state index contributed by atoms with van der Waals surface area (Å²) in [6, 6.07) is 0. The predicted molar refractivity (Wildman–Crippen MR) is 47.1 cm³/mol. The van der Waals surface area contributed by atoms with Crippen LogP contribution in [0.3, 0.4) is 0 Å². The van der Waals surface area contributed by atoms with Gasteiger partial charge < -0.3 is 0 Å². The molecule has 0 atom stereocenters. The summed E-state index contributed by atoms with van der Waals surface area (Å²) in [5, 5.41) is 0. The molecule has 0 aliphatic heterocycles. The van der Waals surface area contributed by atoms with Crippen LogP contribution in [-0.4, -0.2) is 5.75 Å². The van der Waals surface area contributed by atoms with Crippen LogP contribution in [0.4, 0.5) is 0 Å². The third kappa shape index (κ3) is 3.63. The molecule has 0 saturated heterocycles. The molecule has 0 saturated carbocycles. The van der Waals surface area contributed by atoms with Crippen LogP contribution in [-0.2, 0) is 0 Å². The van der Waals surface area contributed by atoms with E-state index in [1.807, 2.05) is 0 Å². The van der Waals surface area contributed by atoms with E-state index in [1.165, 1.54) is 5.57 Å². The van der Waals surface area contributed by atoms with Crippen molar-refractivity contribution in [3.05, 3.63) is 12.2 Å². The number of rotatable bonds is 2. The summed E-state index contributed by atoms with van der Waals surface area (Å²) in [7, 11) is 0. The lowest BCUT2D eigenvalue weighted by Gasteiger charge is -2.20. The van der Waals surface area contributed by atoms with Crippen molar-refractivity contribution in [2.75, 3.05) is 5.75 Å². The highest BCUT2D eigenvalue weighted by Crippen LogP contribution is 2.25. The molecule has 0 radical (unpaired) electrons. The van der Waals surface area contributed by atoms with Gasteiger partial charge in [-0.2, -0.15) is 12.6 Å². The summed E-state index contributed by atoms with van der Waals surface area (Å²) in [6.45, 7) is 10.5. The molecule has 1 heteroatoms. The Morgan fingerprint density at radius 2 is 1.89 bits per heavy atom. The maximum absolute atomic E-state index is 4.13. The van der Waals surface area contributed by atoms with Crippen LogP contribution in [0.15, 0.2) is 12.2 Å². The Balaban J connectivity index is 3.74. The number of hydrogen-bond acceptors (Lipinski definition) is 1. The molecule has 0 fully saturated rings. The average molecular weight is 144 g/mol. The lowest BCUT2D eigenvalue weighted by Crippen LogP contribution is -2.08. The largest absolute Gasteiger partial charge is 0.179 e. The van der Waals surface area contributed by atoms with Crippen LogP contribution in [0, 0.1) is 5.41 Å². The maximum Gasteiger partial charge on any atom is -0.00605 e. The number of hydrogen-bond donors (Lipinski definition) is 1. The molecular weight excluding hydrogens is 128 g/mol. The van der Waals surface area contributed by atoms with Crippen molar-refractivity contribution in [2.45, 2.75) is 27.2 Å². The first-order valence-electron chi connectivity index (χ1n) is 3.27. The van der Waals surface area contributed by atoms with Gasteiger partial charge in [-0.15, -0.1) is 0 Å². The van der Waals surface area contributed by atoms with E-state index in [-0.39, 0.29) is 5.41 Å². The molecule has 0 spiro atoms. The second-order valence-corrected chi connectivity index (χ2v) is 3.77. The smallest absolute Gasteiger partial charge is 0.00605 e. The van der Waals surface area contributed by atoms with Gasteiger partial charge >= 0.3 is 0 Å². The van der Waals surface area contributed by atoms with Gasteiger partial charge in [-0.05, 0) is 17.6 Å². The second kappa shape index (κ2) is 3.31. The van der Waals surface area contributed by atoms with Crippen molar-refractivity contribution in [2.24, 2.45) is 5.41 Å². The molecule has 0 aromatic rings. The highest BCUT2D eigenvalue weighted by atomic mass is 32.1. The summed E-state index contributed by atoms with van der Waals surface area (Å²) in [5.41, 5.74) is 1.56. The molecule has 0 heterocycles. The first kappa shape index (κ1) is 9.09. The molecule has 0 bridgehead atoms. The van der Waals surface area contributed by atoms with Crippen LogP contribution < -0.4 is 0 Å². The van der Waals surface area contributed by atoms with Crippen molar-refractivity contribution in [1.29, 1.82) is 0 Å². The summed E-state index contributed by atoms with van der Waals surface area (Å²) in [5.74, 6) is 0.913. The van der Waals surface area contributed by atoms with E-state index >= 15 is 0 Å². The highest BCUT2D eigenvalue weighted by Gasteiger charge is 2.12. The summed E-state index contributed by atoms with van der Waals surface area (Å²) in [6.07, 6.45) is 1.03. The standard InChI is InChI=1S/C8H16S/c1-7(5-6-9)8(2,3)4/h9H,1,5-6H2,2-4H3. The fraction of sp³-hybridized carbons (Fsp3) is 0.750. The molecule has 0 nitrogen and oxygen atoms in total. The van der Waals surface area contributed by atoms with E-state index in [0.29, 0.717) is 0 Å². The molecule has 0 rings (SSSR count). The van der Waals surface area contributed by atoms with Crippen molar-refractivity contribution < 1.29 is 0 Å². The third-order valence-electron chi connectivity index (χ3n) is 1.47. The first-order valence-corrected chi connectivity index (χ1v) is 3.91. The minimum Gasteiger partial charge on any atom is -0.179 e. The van der Waals surface area contributed by atoms with Gasteiger partial charge in [-0.25, -0.2) is 0 Å². The lowest BCUT2D eigenvalue weighted by molar-refractivity contribution is 0.491. The van der Waals surface area contributed by atoms with E-state index in [4.69, 9.17) is 0 Å². The van der Waals surface area contributed by atoms with Gasteiger partial charge in [0.2, 0.25) is 0 Å². The fourth-order valence-electron chi connectivity index (χ4n) is 0.510. The van der Waals surface area contributed by atoms with E-state index in [0.717, 1.165) is 12.2 Å². The zero-order valence-electron chi connectivity index (χ0n) is 6.57. The van der Waals surface area contributed by atoms with Crippen molar-refractivity contribution in [1.82, 2.24) is 0 Å². The molecule has 0 aromatic heterocycles. The molecule has 9 heavy (non-hydrogen) atoms. The second-order valence-electron chi connectivity index (χ2n) is 3.33. The van der Waals surface area contributed by atoms with E-state index in [2.05, 4.69) is 40.0 Å². The fourth-order valence-corrected chi connectivity index (χ4v) is 0.780. The van der Waals surface area contributed by atoms with Gasteiger partial charge in [0.15, 0.2) is 0 Å². The van der Waals surface area contributed by atoms with Crippen molar-refractivity contribution in [3.63, 3.8) is 0 Å². The quantitative estimate of drug-likeness (QED) is 0.447. The van der Waals surface area contributed by atoms with Gasteiger partial charge in [0.05, 0.1) is 0 Å². The average Bonchev–Trinajstić information content (AvgIpc) is 1.64. The molecule has 0 N–H and O–H groups in total. The molecule has 0 aliphatic carbocycles. The van der Waals surface area contributed by atoms with Gasteiger partial charge in [0.1, 0.15) is 0 Å². The molecule has 54 valence electrons. The van der Waals surface area contributed by atoms with Crippen molar-refractivity contribution >= 4 is 12.6 Å². The normalized spacial score (nSPS) is 11.6. The van der Waals surface area contributed by atoms with Gasteiger partial charge in [-0.1, -0.05) is 32.9 Å². The molecule has 0 unspecified atom stereocenters. The van der Waals surface area contributed by atoms with Gasteiger partial charge in [0.25, 0.3) is 0 Å². The van der Waals surface area contributed by atoms with Gasteiger partial charge in [0, 0.05) is 0 Å². The summed E-state index contributed by atoms with van der Waals surface area (Å²) < 4.78 is 0. The van der Waals surface area contributed by atoms with Crippen LogP contribution in [0.5, 0.6) is 0 Å². The highest BCUT2D eigenvalue weighted by molar-refractivity contribution is 7.80. The Labute approximate surface area is 63.8 Å². The van der Waals surface area contributed by atoms with E-state index in [1.54, 1.807) is 0 Å². The minimum atomic E-state index is 0.267.